The summed E-state index contributed by atoms with van der Waals surface area (Å²) >= 11 is 0. The van der Waals surface area contributed by atoms with Gasteiger partial charge in [0, 0.05) is 25.2 Å². The van der Waals surface area contributed by atoms with Crippen molar-refractivity contribution in [2.45, 2.75) is 45.2 Å². The van der Waals surface area contributed by atoms with Crippen molar-refractivity contribution in [3.8, 4) is 0 Å². The lowest BCUT2D eigenvalue weighted by molar-refractivity contribution is 0.166. The summed E-state index contributed by atoms with van der Waals surface area (Å²) in [5.41, 5.74) is 0. The van der Waals surface area contributed by atoms with Crippen molar-refractivity contribution in [1.82, 2.24) is 15.1 Å². The number of rotatable bonds is 5. The van der Waals surface area contributed by atoms with Gasteiger partial charge in [0.05, 0.1) is 0 Å². The van der Waals surface area contributed by atoms with Crippen LogP contribution in [-0.2, 0) is 0 Å². The average molecular weight is 227 g/mol. The fraction of sp³-hybridized carbons (Fsp3) is 1.00. The molecular weight excluding hydrogens is 198 g/mol. The standard InChI is InChI=1S/C13H29N3/c1-5-12(14-3)10-16-9-7-8-15(4)11-13(16)6-2/h12-14H,5-11H2,1-4H3. The van der Waals surface area contributed by atoms with Crippen LogP contribution in [0.5, 0.6) is 0 Å². The lowest BCUT2D eigenvalue weighted by atomic mass is 10.1. The highest BCUT2D eigenvalue weighted by molar-refractivity contribution is 4.80. The Morgan fingerprint density at radius 1 is 1.31 bits per heavy atom. The normalized spacial score (nSPS) is 26.6. The molecule has 0 aromatic carbocycles. The van der Waals surface area contributed by atoms with Crippen LogP contribution >= 0.6 is 0 Å². The highest BCUT2D eigenvalue weighted by Gasteiger charge is 2.23. The van der Waals surface area contributed by atoms with Crippen molar-refractivity contribution in [2.24, 2.45) is 0 Å². The Labute approximate surface area is 101 Å². The summed E-state index contributed by atoms with van der Waals surface area (Å²) in [6, 6.07) is 1.40. The molecule has 1 rings (SSSR count). The van der Waals surface area contributed by atoms with Gasteiger partial charge in [-0.2, -0.15) is 0 Å². The molecule has 3 heteroatoms. The number of nitrogens with one attached hydrogen (secondary N) is 1. The zero-order valence-corrected chi connectivity index (χ0v) is 11.5. The lowest BCUT2D eigenvalue weighted by Gasteiger charge is -2.32. The van der Waals surface area contributed by atoms with E-state index in [1.165, 1.54) is 45.4 Å². The van der Waals surface area contributed by atoms with Gasteiger partial charge in [-0.25, -0.2) is 0 Å². The highest BCUT2D eigenvalue weighted by Crippen LogP contribution is 2.12. The molecule has 0 saturated carbocycles. The number of likely N-dealkylation sites (N-methyl/N-ethyl adjacent to an activating group) is 2. The minimum Gasteiger partial charge on any atom is -0.316 e. The van der Waals surface area contributed by atoms with E-state index in [1.807, 2.05) is 0 Å². The van der Waals surface area contributed by atoms with Gasteiger partial charge in [0.2, 0.25) is 0 Å². The maximum atomic E-state index is 3.42. The minimum absolute atomic E-state index is 0.650. The van der Waals surface area contributed by atoms with Gasteiger partial charge in [-0.1, -0.05) is 13.8 Å². The fourth-order valence-electron chi connectivity index (χ4n) is 2.63. The van der Waals surface area contributed by atoms with E-state index in [0.29, 0.717) is 6.04 Å². The van der Waals surface area contributed by atoms with Crippen LogP contribution in [0.15, 0.2) is 0 Å². The SMILES string of the molecule is CCC(CN1CCCN(C)CC1CC)NC. The Balaban J connectivity index is 2.53. The zero-order valence-electron chi connectivity index (χ0n) is 11.5. The molecule has 0 aromatic rings. The molecule has 0 amide bonds. The van der Waals surface area contributed by atoms with Crippen molar-refractivity contribution in [3.05, 3.63) is 0 Å². The first-order valence-corrected chi connectivity index (χ1v) is 6.81. The molecule has 1 fully saturated rings. The van der Waals surface area contributed by atoms with Crippen LogP contribution in [0.2, 0.25) is 0 Å². The molecule has 0 radical (unpaired) electrons. The van der Waals surface area contributed by atoms with E-state index in [-0.39, 0.29) is 0 Å². The molecule has 1 aliphatic heterocycles. The van der Waals surface area contributed by atoms with Crippen molar-refractivity contribution in [3.63, 3.8) is 0 Å². The van der Waals surface area contributed by atoms with Crippen LogP contribution in [0.1, 0.15) is 33.1 Å². The minimum atomic E-state index is 0.650. The van der Waals surface area contributed by atoms with E-state index in [2.05, 4.69) is 43.1 Å². The van der Waals surface area contributed by atoms with E-state index >= 15 is 0 Å². The van der Waals surface area contributed by atoms with E-state index in [0.717, 1.165) is 6.04 Å². The van der Waals surface area contributed by atoms with Crippen LogP contribution < -0.4 is 5.32 Å². The van der Waals surface area contributed by atoms with Crippen molar-refractivity contribution in [2.75, 3.05) is 40.3 Å². The number of nitrogens with zero attached hydrogens (tertiary/aromatic N) is 2. The summed E-state index contributed by atoms with van der Waals surface area (Å²) in [7, 11) is 4.33. The van der Waals surface area contributed by atoms with Gasteiger partial charge in [0.15, 0.2) is 0 Å². The monoisotopic (exact) mass is 227 g/mol. The third kappa shape index (κ3) is 4.04. The summed E-state index contributed by atoms with van der Waals surface area (Å²) in [6.45, 7) is 9.55. The Bertz CT molecular complexity index is 180. The summed E-state index contributed by atoms with van der Waals surface area (Å²) < 4.78 is 0. The molecule has 1 saturated heterocycles. The van der Waals surface area contributed by atoms with E-state index < -0.39 is 0 Å². The van der Waals surface area contributed by atoms with Gasteiger partial charge in [-0.3, -0.25) is 4.90 Å². The largest absolute Gasteiger partial charge is 0.316 e. The Hall–Kier alpha value is -0.120. The first-order chi connectivity index (χ1) is 7.71. The van der Waals surface area contributed by atoms with Crippen LogP contribution in [0, 0.1) is 0 Å². The van der Waals surface area contributed by atoms with E-state index in [1.54, 1.807) is 0 Å². The topological polar surface area (TPSA) is 18.5 Å². The second-order valence-corrected chi connectivity index (χ2v) is 5.07. The molecule has 2 atom stereocenters. The maximum Gasteiger partial charge on any atom is 0.0221 e. The predicted molar refractivity (Wildman–Crippen MR) is 70.9 cm³/mol. The van der Waals surface area contributed by atoms with Crippen LogP contribution in [-0.4, -0.2) is 62.2 Å². The molecule has 1 aliphatic rings. The van der Waals surface area contributed by atoms with Crippen molar-refractivity contribution < 1.29 is 0 Å². The highest BCUT2D eigenvalue weighted by atomic mass is 15.2. The molecule has 0 aromatic heterocycles. The first kappa shape index (κ1) is 13.9. The molecule has 1 heterocycles. The summed E-state index contributed by atoms with van der Waals surface area (Å²) in [5.74, 6) is 0. The van der Waals surface area contributed by atoms with Gasteiger partial charge in [0.25, 0.3) is 0 Å². The molecule has 1 N–H and O–H groups in total. The van der Waals surface area contributed by atoms with Crippen LogP contribution in [0.4, 0.5) is 0 Å². The number of hydrogen-bond acceptors (Lipinski definition) is 3. The predicted octanol–water partition coefficient (Wildman–Crippen LogP) is 1.40. The number of hydrogen-bond donors (Lipinski definition) is 1. The summed E-state index contributed by atoms with van der Waals surface area (Å²) in [5, 5.41) is 3.42. The smallest absolute Gasteiger partial charge is 0.0221 e. The molecule has 96 valence electrons. The lowest BCUT2D eigenvalue weighted by Crippen LogP contribution is -2.46. The Morgan fingerprint density at radius 2 is 2.06 bits per heavy atom. The molecule has 3 nitrogen and oxygen atoms in total. The van der Waals surface area contributed by atoms with Crippen molar-refractivity contribution >= 4 is 0 Å². The third-order valence-corrected chi connectivity index (χ3v) is 3.85. The van der Waals surface area contributed by atoms with Crippen LogP contribution in [0.3, 0.4) is 0 Å². The fourth-order valence-corrected chi connectivity index (χ4v) is 2.63. The summed E-state index contributed by atoms with van der Waals surface area (Å²) in [4.78, 5) is 5.17. The van der Waals surface area contributed by atoms with Crippen LogP contribution in [0.25, 0.3) is 0 Å². The molecule has 2 unspecified atom stereocenters. The van der Waals surface area contributed by atoms with E-state index in [4.69, 9.17) is 0 Å². The zero-order chi connectivity index (χ0) is 12.0. The quantitative estimate of drug-likeness (QED) is 0.766. The third-order valence-electron chi connectivity index (χ3n) is 3.85. The summed E-state index contributed by atoms with van der Waals surface area (Å²) in [6.07, 6.45) is 3.80. The van der Waals surface area contributed by atoms with Gasteiger partial charge in [0.1, 0.15) is 0 Å². The van der Waals surface area contributed by atoms with Gasteiger partial charge >= 0.3 is 0 Å². The molecule has 0 spiro atoms. The molecule has 16 heavy (non-hydrogen) atoms. The molecule has 0 bridgehead atoms. The van der Waals surface area contributed by atoms with Gasteiger partial charge < -0.3 is 10.2 Å². The van der Waals surface area contributed by atoms with Gasteiger partial charge in [-0.15, -0.1) is 0 Å². The molecule has 0 aliphatic carbocycles. The van der Waals surface area contributed by atoms with E-state index in [9.17, 15) is 0 Å². The Morgan fingerprint density at radius 3 is 2.62 bits per heavy atom. The van der Waals surface area contributed by atoms with Gasteiger partial charge in [-0.05, 0) is 46.4 Å². The van der Waals surface area contributed by atoms with Crippen molar-refractivity contribution in [1.29, 1.82) is 0 Å². The Kier molecular flexibility index (Phi) is 6.32. The second-order valence-electron chi connectivity index (χ2n) is 5.07. The molecular formula is C13H29N3. The second kappa shape index (κ2) is 7.25. The average Bonchev–Trinajstić information content (AvgIpc) is 2.47. The maximum absolute atomic E-state index is 3.42. The first-order valence-electron chi connectivity index (χ1n) is 6.81.